The summed E-state index contributed by atoms with van der Waals surface area (Å²) in [7, 11) is 0. The third kappa shape index (κ3) is 6.84. The van der Waals surface area contributed by atoms with Crippen molar-refractivity contribution in [2.75, 3.05) is 13.2 Å². The molecule has 20 atom stereocenters. The average Bonchev–Trinajstić information content (AvgIpc) is 3.97. The summed E-state index contributed by atoms with van der Waals surface area (Å²) >= 11 is 0. The topological polar surface area (TPSA) is 210 Å². The first-order valence-electron chi connectivity index (χ1n) is 25.8. The van der Waals surface area contributed by atoms with Crippen molar-refractivity contribution in [1.82, 2.24) is 10.3 Å². The fourth-order valence-electron chi connectivity index (χ4n) is 17.8. The first-order valence-corrected chi connectivity index (χ1v) is 25.8. The Bertz CT molecular complexity index is 2290. The molecule has 1 aliphatic heterocycles. The first kappa shape index (κ1) is 47.4. The maximum atomic E-state index is 15.1. The third-order valence-electron chi connectivity index (χ3n) is 21.2. The van der Waals surface area contributed by atoms with Gasteiger partial charge in [0, 0.05) is 47.9 Å². The lowest BCUT2D eigenvalue weighted by Gasteiger charge is -2.62. The molecule has 0 amide bonds. The van der Waals surface area contributed by atoms with Crippen molar-refractivity contribution >= 4 is 17.5 Å². The fourth-order valence-corrected chi connectivity index (χ4v) is 17.8. The number of ether oxygens (including phenoxy) is 1. The molecule has 8 N–H and O–H groups in total. The molecule has 5 saturated carbocycles. The van der Waals surface area contributed by atoms with Gasteiger partial charge in [-0.15, -0.1) is 5.92 Å². The Hall–Kier alpha value is -3.31. The smallest absolute Gasteiger partial charge is 0.313 e. The van der Waals surface area contributed by atoms with Gasteiger partial charge in [-0.25, -0.2) is 0 Å². The molecule has 12 nitrogen and oxygen atoms in total. The number of rotatable bonds is 6. The molecular weight excluding hydrogens is 849 g/mol. The zero-order valence-corrected chi connectivity index (χ0v) is 40.5. The summed E-state index contributed by atoms with van der Waals surface area (Å²) in [5.41, 5.74) is -4.34. The number of carbonyl (C=O) groups is 3. The summed E-state index contributed by atoms with van der Waals surface area (Å²) < 4.78 is 5.95. The van der Waals surface area contributed by atoms with Gasteiger partial charge in [0.1, 0.15) is 6.04 Å². The second-order valence-electron chi connectivity index (χ2n) is 24.5. The Kier molecular flexibility index (Phi) is 11.6. The van der Waals surface area contributed by atoms with Crippen LogP contribution in [0.25, 0.3) is 0 Å². The van der Waals surface area contributed by atoms with Crippen molar-refractivity contribution in [1.29, 1.82) is 0 Å². The van der Waals surface area contributed by atoms with E-state index in [1.54, 1.807) is 6.92 Å². The lowest BCUT2D eigenvalue weighted by Crippen LogP contribution is -2.66. The number of hydrogen-bond acceptors (Lipinski definition) is 11. The lowest BCUT2D eigenvalue weighted by molar-refractivity contribution is -0.222. The molecule has 10 rings (SSSR count). The Morgan fingerprint density at radius 3 is 2.46 bits per heavy atom. The second kappa shape index (κ2) is 16.4. The van der Waals surface area contributed by atoms with E-state index in [0.717, 1.165) is 37.7 Å². The van der Waals surface area contributed by atoms with Crippen LogP contribution in [0.3, 0.4) is 0 Å². The van der Waals surface area contributed by atoms with Gasteiger partial charge in [-0.05, 0) is 161 Å². The van der Waals surface area contributed by atoms with Gasteiger partial charge >= 0.3 is 5.97 Å². The van der Waals surface area contributed by atoms with Crippen molar-refractivity contribution < 1.29 is 49.8 Å². The van der Waals surface area contributed by atoms with E-state index in [0.29, 0.717) is 43.6 Å². The fraction of sp³-hybridized carbons (Fsp3) is 0.764. The number of aromatic amines is 1. The SMILES string of the molecule is CC(=O)C(CO)NC1=C2C(CCC3(C)C4C(CC#CC(C5COC(=O)C5c5cc[nH]c5)CC56CCC(O)(CC(C)C5CC=C5CCC(C)CC56)C4(C)O)CC23O)C2(C)CC(O)C(O)CC2C1=O. The van der Waals surface area contributed by atoms with E-state index in [1.807, 2.05) is 32.3 Å². The van der Waals surface area contributed by atoms with Gasteiger partial charge in [0.25, 0.3) is 0 Å². The van der Waals surface area contributed by atoms with E-state index in [-0.39, 0.29) is 90.5 Å². The summed E-state index contributed by atoms with van der Waals surface area (Å²) in [6.45, 7) is 11.4. The molecule has 67 heavy (non-hydrogen) atoms. The number of aliphatic hydroxyl groups is 6. The minimum atomic E-state index is -1.75. The minimum absolute atomic E-state index is 0.00835. The summed E-state index contributed by atoms with van der Waals surface area (Å²) in [6, 6.07) is 0.834. The number of aliphatic hydroxyl groups excluding tert-OH is 3. The molecule has 12 heteroatoms. The van der Waals surface area contributed by atoms with Gasteiger partial charge in [0.05, 0.1) is 53.8 Å². The van der Waals surface area contributed by atoms with Crippen molar-refractivity contribution in [3.8, 4) is 11.8 Å². The number of nitrogens with one attached hydrogen (secondary N) is 2. The van der Waals surface area contributed by atoms with Gasteiger partial charge in [0.2, 0.25) is 0 Å². The molecule has 0 radical (unpaired) electrons. The number of allylic oxidation sites excluding steroid dienone is 3. The van der Waals surface area contributed by atoms with Crippen LogP contribution in [0.4, 0.5) is 0 Å². The van der Waals surface area contributed by atoms with E-state index >= 15 is 4.79 Å². The molecular formula is C55H76N2O10. The Labute approximate surface area is 396 Å². The van der Waals surface area contributed by atoms with Gasteiger partial charge < -0.3 is 45.7 Å². The molecule has 6 fully saturated rings. The van der Waals surface area contributed by atoms with E-state index < -0.39 is 82.1 Å². The van der Waals surface area contributed by atoms with E-state index in [4.69, 9.17) is 4.74 Å². The maximum Gasteiger partial charge on any atom is 0.313 e. The van der Waals surface area contributed by atoms with Gasteiger partial charge in [-0.3, -0.25) is 14.4 Å². The summed E-state index contributed by atoms with van der Waals surface area (Å²) in [6.07, 6.45) is 11.8. The van der Waals surface area contributed by atoms with Gasteiger partial charge in [0.15, 0.2) is 11.6 Å². The van der Waals surface area contributed by atoms with Crippen LogP contribution in [0.1, 0.15) is 143 Å². The number of carbonyl (C=O) groups excluding carboxylic acids is 3. The van der Waals surface area contributed by atoms with Crippen LogP contribution in [0.2, 0.25) is 0 Å². The van der Waals surface area contributed by atoms with Crippen LogP contribution in [0.5, 0.6) is 0 Å². The molecule has 20 unspecified atom stereocenters. The van der Waals surface area contributed by atoms with Crippen LogP contribution < -0.4 is 5.32 Å². The zero-order valence-electron chi connectivity index (χ0n) is 40.5. The number of Topliss-reactive ketones (excluding diaryl/α,β-unsaturated/α-hetero) is 2. The van der Waals surface area contributed by atoms with Crippen molar-refractivity contribution in [2.45, 2.75) is 172 Å². The van der Waals surface area contributed by atoms with Crippen LogP contribution >= 0.6 is 0 Å². The van der Waals surface area contributed by atoms with Crippen LogP contribution in [-0.4, -0.2) is 101 Å². The molecule has 9 aliphatic rings. The number of esters is 1. The molecule has 1 spiro atoms. The van der Waals surface area contributed by atoms with Crippen molar-refractivity contribution in [2.24, 2.45) is 75.4 Å². The van der Waals surface area contributed by atoms with Crippen molar-refractivity contribution in [3.63, 3.8) is 0 Å². The number of fused-ring (bicyclic) bond motifs is 10. The van der Waals surface area contributed by atoms with E-state index in [1.165, 1.54) is 12.5 Å². The molecule has 1 saturated heterocycles. The maximum absolute atomic E-state index is 15.1. The van der Waals surface area contributed by atoms with Crippen LogP contribution in [0, 0.1) is 87.3 Å². The highest BCUT2D eigenvalue weighted by molar-refractivity contribution is 6.00. The molecule has 1 aromatic heterocycles. The summed E-state index contributed by atoms with van der Waals surface area (Å²) in [5, 5.41) is 77.4. The highest BCUT2D eigenvalue weighted by Crippen LogP contribution is 2.73. The predicted molar refractivity (Wildman–Crippen MR) is 249 cm³/mol. The molecule has 0 aromatic carbocycles. The number of cyclic esters (lactones) is 1. The van der Waals surface area contributed by atoms with Crippen LogP contribution in [-0.2, 0) is 19.1 Å². The number of aromatic nitrogens is 1. The second-order valence-corrected chi connectivity index (χ2v) is 24.5. The van der Waals surface area contributed by atoms with E-state index in [2.05, 4.69) is 42.1 Å². The van der Waals surface area contributed by atoms with Crippen LogP contribution in [0.15, 0.2) is 41.4 Å². The summed E-state index contributed by atoms with van der Waals surface area (Å²) in [5.74, 6) is 4.30. The number of H-pyrrole nitrogens is 1. The molecule has 2 bridgehead atoms. The minimum Gasteiger partial charge on any atom is -0.465 e. The molecule has 2 heterocycles. The van der Waals surface area contributed by atoms with Crippen molar-refractivity contribution in [3.05, 3.63) is 46.9 Å². The normalized spacial score (nSPS) is 49.7. The monoisotopic (exact) mass is 925 g/mol. The number of hydrogen-bond donors (Lipinski definition) is 8. The molecule has 8 aliphatic carbocycles. The Balaban J connectivity index is 1.15. The Morgan fingerprint density at radius 1 is 0.970 bits per heavy atom. The first-order chi connectivity index (χ1) is 31.6. The van der Waals surface area contributed by atoms with Gasteiger partial charge in [-0.1, -0.05) is 45.3 Å². The number of ketones is 2. The van der Waals surface area contributed by atoms with Gasteiger partial charge in [-0.2, -0.15) is 0 Å². The molecule has 366 valence electrons. The average molecular weight is 925 g/mol. The highest BCUT2D eigenvalue weighted by atomic mass is 16.5. The lowest BCUT2D eigenvalue weighted by atomic mass is 9.44. The zero-order chi connectivity index (χ0) is 47.8. The Morgan fingerprint density at radius 2 is 1.75 bits per heavy atom. The van der Waals surface area contributed by atoms with E-state index in [9.17, 15) is 40.2 Å². The predicted octanol–water partition coefficient (Wildman–Crippen LogP) is 5.65. The summed E-state index contributed by atoms with van der Waals surface area (Å²) in [4.78, 5) is 45.0. The third-order valence-corrected chi connectivity index (χ3v) is 21.2. The standard InChI is InChI=1S/C55H76N2O10/c1-29-10-11-32-12-13-37-30(2)22-54(65)18-17-53(37,39(32)20-29)23-33(36-28-67-49(63)44(36)35-15-19-56-26-35)8-7-9-34-24-55(66)45-38(14-16-51(55,5)48(34)52(54,6)64)50(4)25-43(61)42(60)21-40(50)47(62)46(45)57-41(27-58)31(3)59/h12,15,19,26,29-30,33-34,36-44,48,56-58,60-61,64-66H,9-11,13-14,16-18,20-25,27-28H2,1-6H3. The highest BCUT2D eigenvalue weighted by Gasteiger charge is 2.74. The largest absolute Gasteiger partial charge is 0.465 e. The molecule has 1 aromatic rings. The quantitative estimate of drug-likeness (QED) is 0.0993.